The van der Waals surface area contributed by atoms with E-state index in [1.807, 2.05) is 39.0 Å². The zero-order valence-corrected chi connectivity index (χ0v) is 14.4. The minimum Gasteiger partial charge on any atom is -0.394 e. The molecule has 7 nitrogen and oxygen atoms in total. The number of nitrogens with zero attached hydrogens (tertiary/aromatic N) is 2. The van der Waals surface area contributed by atoms with Crippen molar-refractivity contribution in [3.05, 3.63) is 52.6 Å². The van der Waals surface area contributed by atoms with Gasteiger partial charge in [0.1, 0.15) is 17.5 Å². The molecule has 0 saturated carbocycles. The number of nitrogens with one attached hydrogen (secondary N) is 3. The summed E-state index contributed by atoms with van der Waals surface area (Å²) in [6, 6.07) is 7.43. The van der Waals surface area contributed by atoms with Gasteiger partial charge in [0.2, 0.25) is 0 Å². The average Bonchev–Trinajstić information content (AvgIpc) is 2.54. The number of pyridine rings is 3. The second kappa shape index (κ2) is 6.52. The highest BCUT2D eigenvalue weighted by atomic mass is 16.3. The summed E-state index contributed by atoms with van der Waals surface area (Å²) in [4.78, 5) is 23.7. The summed E-state index contributed by atoms with van der Waals surface area (Å²) in [6.45, 7) is 5.55. The number of rotatable bonds is 5. The number of aromatic nitrogens is 3. The van der Waals surface area contributed by atoms with Crippen LogP contribution in [0.2, 0.25) is 0 Å². The molecule has 0 aromatic carbocycles. The van der Waals surface area contributed by atoms with Crippen molar-refractivity contribution < 1.29 is 5.11 Å². The second-order valence-electron chi connectivity index (χ2n) is 6.64. The Balaban J connectivity index is 2.10. The highest BCUT2D eigenvalue weighted by Crippen LogP contribution is 2.25. The Morgan fingerprint density at radius 3 is 2.76 bits per heavy atom. The molecule has 0 atom stereocenters. The maximum Gasteiger partial charge on any atom is 0.259 e. The number of aliphatic hydroxyl groups excluding tert-OH is 1. The van der Waals surface area contributed by atoms with Gasteiger partial charge in [0.15, 0.2) is 0 Å². The van der Waals surface area contributed by atoms with Gasteiger partial charge in [0.25, 0.3) is 5.56 Å². The minimum absolute atomic E-state index is 0.0992. The molecule has 0 radical (unpaired) electrons. The number of aliphatic hydroxyl groups is 1. The number of anilines is 3. The van der Waals surface area contributed by atoms with E-state index in [1.165, 1.54) is 0 Å². The Morgan fingerprint density at radius 2 is 2.04 bits per heavy atom. The molecule has 3 rings (SSSR count). The minimum atomic E-state index is -0.623. The number of hydrogen-bond donors (Lipinski definition) is 4. The summed E-state index contributed by atoms with van der Waals surface area (Å²) in [5.74, 6) is 1.64. The van der Waals surface area contributed by atoms with E-state index in [1.54, 1.807) is 18.5 Å². The van der Waals surface area contributed by atoms with Gasteiger partial charge in [-0.05, 0) is 56.0 Å². The van der Waals surface area contributed by atoms with E-state index in [2.05, 4.69) is 25.6 Å². The van der Waals surface area contributed by atoms with Crippen LogP contribution in [0.15, 0.2) is 41.5 Å². The fourth-order valence-corrected chi connectivity index (χ4v) is 2.46. The Morgan fingerprint density at radius 1 is 1.24 bits per heavy atom. The van der Waals surface area contributed by atoms with E-state index < -0.39 is 5.54 Å². The molecule has 0 spiro atoms. The molecule has 0 aliphatic heterocycles. The van der Waals surface area contributed by atoms with Crippen molar-refractivity contribution in [2.24, 2.45) is 0 Å². The quantitative estimate of drug-likeness (QED) is 0.570. The van der Waals surface area contributed by atoms with E-state index in [0.717, 1.165) is 10.9 Å². The molecule has 3 heterocycles. The van der Waals surface area contributed by atoms with E-state index in [-0.39, 0.29) is 12.2 Å². The number of aryl methyl sites for hydroxylation is 1. The molecule has 3 aromatic heterocycles. The summed E-state index contributed by atoms with van der Waals surface area (Å²) in [5, 5.41) is 17.0. The monoisotopic (exact) mass is 339 g/mol. The average molecular weight is 339 g/mol. The molecule has 0 aliphatic rings. The Bertz CT molecular complexity index is 965. The molecule has 0 bridgehead atoms. The highest BCUT2D eigenvalue weighted by Gasteiger charge is 2.20. The van der Waals surface area contributed by atoms with Crippen LogP contribution in [0.1, 0.15) is 19.4 Å². The number of fused-ring (bicyclic) bond motifs is 1. The van der Waals surface area contributed by atoms with Crippen LogP contribution in [0.3, 0.4) is 0 Å². The van der Waals surface area contributed by atoms with Gasteiger partial charge in [-0.1, -0.05) is 0 Å². The van der Waals surface area contributed by atoms with E-state index in [4.69, 9.17) is 0 Å². The molecule has 0 fully saturated rings. The van der Waals surface area contributed by atoms with Gasteiger partial charge in [-0.2, -0.15) is 0 Å². The fourth-order valence-electron chi connectivity index (χ4n) is 2.46. The maximum absolute atomic E-state index is 12.3. The molecule has 3 aromatic rings. The Kier molecular flexibility index (Phi) is 4.41. The number of aromatic amines is 1. The third-order valence-electron chi connectivity index (χ3n) is 3.78. The van der Waals surface area contributed by atoms with Crippen LogP contribution in [0.25, 0.3) is 10.8 Å². The highest BCUT2D eigenvalue weighted by molar-refractivity contribution is 5.93. The first-order valence-corrected chi connectivity index (χ1v) is 7.99. The topological polar surface area (TPSA) is 103 Å². The molecule has 0 aliphatic carbocycles. The van der Waals surface area contributed by atoms with E-state index in [0.29, 0.717) is 22.8 Å². The van der Waals surface area contributed by atoms with Crippen LogP contribution in [0.4, 0.5) is 17.5 Å². The van der Waals surface area contributed by atoms with Gasteiger partial charge in [-0.3, -0.25) is 4.79 Å². The first kappa shape index (κ1) is 16.9. The first-order valence-electron chi connectivity index (χ1n) is 7.99. The van der Waals surface area contributed by atoms with Gasteiger partial charge in [0, 0.05) is 12.4 Å². The van der Waals surface area contributed by atoms with E-state index in [9.17, 15) is 9.90 Å². The third kappa shape index (κ3) is 3.77. The number of hydrogen-bond acceptors (Lipinski definition) is 6. The SMILES string of the molecule is Cc1ccnc(Nc2cc3cc[nH]c(=O)c3c(NC(C)(C)CO)n2)c1. The van der Waals surface area contributed by atoms with Gasteiger partial charge < -0.3 is 20.7 Å². The lowest BCUT2D eigenvalue weighted by atomic mass is 10.1. The normalized spacial score (nSPS) is 11.5. The standard InChI is InChI=1S/C18H21N5O2/c1-11-4-6-19-13(8-11)21-14-9-12-5-7-20-17(25)15(12)16(22-14)23-18(2,3)10-24/h4-9,24H,10H2,1-3H3,(H,20,25)(H2,19,21,22,23). The van der Waals surface area contributed by atoms with Crippen molar-refractivity contribution in [1.29, 1.82) is 0 Å². The zero-order chi connectivity index (χ0) is 18.0. The Labute approximate surface area is 145 Å². The van der Waals surface area contributed by atoms with Crippen molar-refractivity contribution in [2.45, 2.75) is 26.3 Å². The molecule has 0 unspecified atom stereocenters. The summed E-state index contributed by atoms with van der Waals surface area (Å²) in [6.07, 6.45) is 3.32. The Hall–Kier alpha value is -2.93. The summed E-state index contributed by atoms with van der Waals surface area (Å²) < 4.78 is 0. The lowest BCUT2D eigenvalue weighted by molar-refractivity contribution is 0.234. The van der Waals surface area contributed by atoms with Crippen LogP contribution in [0, 0.1) is 6.92 Å². The lowest BCUT2D eigenvalue weighted by Gasteiger charge is -2.25. The molecule has 0 saturated heterocycles. The lowest BCUT2D eigenvalue weighted by Crippen LogP contribution is -2.35. The van der Waals surface area contributed by atoms with Gasteiger partial charge in [-0.15, -0.1) is 0 Å². The first-order chi connectivity index (χ1) is 11.9. The zero-order valence-electron chi connectivity index (χ0n) is 14.4. The molecule has 25 heavy (non-hydrogen) atoms. The molecular weight excluding hydrogens is 318 g/mol. The summed E-state index contributed by atoms with van der Waals surface area (Å²) in [5.41, 5.74) is 0.221. The molecule has 130 valence electrons. The fraction of sp³-hybridized carbons (Fsp3) is 0.278. The smallest absolute Gasteiger partial charge is 0.259 e. The largest absolute Gasteiger partial charge is 0.394 e. The molecule has 4 N–H and O–H groups in total. The van der Waals surface area contributed by atoms with Crippen LogP contribution in [-0.4, -0.2) is 32.2 Å². The second-order valence-corrected chi connectivity index (χ2v) is 6.64. The van der Waals surface area contributed by atoms with Crippen molar-refractivity contribution in [3.63, 3.8) is 0 Å². The molecule has 0 amide bonds. The van der Waals surface area contributed by atoms with Crippen molar-refractivity contribution in [1.82, 2.24) is 15.0 Å². The van der Waals surface area contributed by atoms with Crippen LogP contribution in [0.5, 0.6) is 0 Å². The van der Waals surface area contributed by atoms with Gasteiger partial charge >= 0.3 is 0 Å². The molecule has 7 heteroatoms. The van der Waals surface area contributed by atoms with E-state index >= 15 is 0 Å². The summed E-state index contributed by atoms with van der Waals surface area (Å²) >= 11 is 0. The van der Waals surface area contributed by atoms with Crippen LogP contribution in [-0.2, 0) is 0 Å². The maximum atomic E-state index is 12.3. The molecular formula is C18H21N5O2. The van der Waals surface area contributed by atoms with Crippen molar-refractivity contribution >= 4 is 28.2 Å². The van der Waals surface area contributed by atoms with Gasteiger partial charge in [0.05, 0.1) is 17.5 Å². The third-order valence-corrected chi connectivity index (χ3v) is 3.78. The van der Waals surface area contributed by atoms with Crippen molar-refractivity contribution in [2.75, 3.05) is 17.2 Å². The number of H-pyrrole nitrogens is 1. The van der Waals surface area contributed by atoms with Crippen LogP contribution < -0.4 is 16.2 Å². The van der Waals surface area contributed by atoms with Crippen molar-refractivity contribution in [3.8, 4) is 0 Å². The van der Waals surface area contributed by atoms with Crippen LogP contribution >= 0.6 is 0 Å². The summed E-state index contributed by atoms with van der Waals surface area (Å²) in [7, 11) is 0. The van der Waals surface area contributed by atoms with Gasteiger partial charge in [-0.25, -0.2) is 9.97 Å². The predicted molar refractivity (Wildman–Crippen MR) is 99.4 cm³/mol. The predicted octanol–water partition coefficient (Wildman–Crippen LogP) is 2.55.